The van der Waals surface area contributed by atoms with E-state index in [1.165, 1.54) is 0 Å². The molecule has 0 spiro atoms. The molecule has 0 unspecified atom stereocenters. The Balaban J connectivity index is 2.56. The van der Waals surface area contributed by atoms with E-state index in [0.29, 0.717) is 0 Å². The zero-order chi connectivity index (χ0) is 11.1. The number of rotatable bonds is 6. The Labute approximate surface area is 89.5 Å². The van der Waals surface area contributed by atoms with Gasteiger partial charge in [-0.25, -0.2) is 0 Å². The largest absolute Gasteiger partial charge is 0.320 e. The lowest BCUT2D eigenvalue weighted by Crippen LogP contribution is -2.07. The highest BCUT2D eigenvalue weighted by Crippen LogP contribution is 2.19. The van der Waals surface area contributed by atoms with Crippen molar-refractivity contribution in [3.63, 3.8) is 0 Å². The van der Waals surface area contributed by atoms with Gasteiger partial charge < -0.3 is 5.32 Å². The number of nitrogens with zero attached hydrogens (tertiary/aromatic N) is 1. The first-order valence-electron chi connectivity index (χ1n) is 5.12. The molecule has 0 aliphatic heterocycles. The lowest BCUT2D eigenvalue weighted by atomic mass is 10.1. The number of nitrogens with one attached hydrogen (secondary N) is 1. The maximum Gasteiger partial charge on any atom is 0.272 e. The van der Waals surface area contributed by atoms with Gasteiger partial charge in [0.25, 0.3) is 5.69 Å². The van der Waals surface area contributed by atoms with Crippen molar-refractivity contribution in [3.8, 4) is 0 Å². The number of nitro groups is 1. The van der Waals surface area contributed by atoms with Crippen LogP contribution < -0.4 is 5.32 Å². The number of nitro benzene ring substituents is 1. The van der Waals surface area contributed by atoms with Crippen molar-refractivity contribution in [1.82, 2.24) is 5.32 Å². The summed E-state index contributed by atoms with van der Waals surface area (Å²) in [6, 6.07) is 6.94. The summed E-state index contributed by atoms with van der Waals surface area (Å²) >= 11 is 0. The van der Waals surface area contributed by atoms with Gasteiger partial charge in [-0.2, -0.15) is 0 Å². The molecule has 0 fully saturated rings. The molecule has 1 N–H and O–H groups in total. The number of aryl methyl sites for hydroxylation is 1. The monoisotopic (exact) mass is 208 g/mol. The van der Waals surface area contributed by atoms with E-state index in [-0.39, 0.29) is 10.6 Å². The van der Waals surface area contributed by atoms with Gasteiger partial charge in [-0.1, -0.05) is 18.2 Å². The molecule has 0 atom stereocenters. The van der Waals surface area contributed by atoms with Crippen LogP contribution in [0.15, 0.2) is 24.3 Å². The molecule has 0 aromatic heterocycles. The highest BCUT2D eigenvalue weighted by atomic mass is 16.6. The van der Waals surface area contributed by atoms with E-state index in [4.69, 9.17) is 0 Å². The molecule has 0 saturated heterocycles. The minimum atomic E-state index is -0.312. The maximum atomic E-state index is 10.7. The fourth-order valence-corrected chi connectivity index (χ4v) is 1.52. The van der Waals surface area contributed by atoms with Crippen molar-refractivity contribution in [3.05, 3.63) is 39.9 Å². The van der Waals surface area contributed by atoms with Gasteiger partial charge in [-0.15, -0.1) is 0 Å². The highest BCUT2D eigenvalue weighted by Gasteiger charge is 2.10. The number of hydrogen-bond acceptors (Lipinski definition) is 3. The van der Waals surface area contributed by atoms with E-state index in [9.17, 15) is 10.1 Å². The van der Waals surface area contributed by atoms with Gasteiger partial charge in [0.15, 0.2) is 0 Å². The van der Waals surface area contributed by atoms with Gasteiger partial charge in [0.05, 0.1) is 4.92 Å². The second-order valence-corrected chi connectivity index (χ2v) is 3.45. The topological polar surface area (TPSA) is 55.2 Å². The van der Waals surface area contributed by atoms with Crippen LogP contribution in [-0.2, 0) is 6.42 Å². The average molecular weight is 208 g/mol. The second-order valence-electron chi connectivity index (χ2n) is 3.45. The van der Waals surface area contributed by atoms with E-state index in [1.54, 1.807) is 12.1 Å². The summed E-state index contributed by atoms with van der Waals surface area (Å²) in [6.45, 7) is 0.959. The van der Waals surface area contributed by atoms with Crippen LogP contribution in [-0.4, -0.2) is 18.5 Å². The average Bonchev–Trinajstić information content (AvgIpc) is 2.25. The Morgan fingerprint density at radius 1 is 1.33 bits per heavy atom. The van der Waals surface area contributed by atoms with Crippen molar-refractivity contribution in [2.45, 2.75) is 19.3 Å². The SMILES string of the molecule is CNCCCCc1ccccc1[N+](=O)[O-]. The summed E-state index contributed by atoms with van der Waals surface area (Å²) in [7, 11) is 1.91. The first-order chi connectivity index (χ1) is 7.25. The van der Waals surface area contributed by atoms with Gasteiger partial charge in [0.1, 0.15) is 0 Å². The Morgan fingerprint density at radius 3 is 2.73 bits per heavy atom. The summed E-state index contributed by atoms with van der Waals surface area (Å²) in [6.07, 6.45) is 2.80. The van der Waals surface area contributed by atoms with E-state index in [0.717, 1.165) is 31.4 Å². The summed E-state index contributed by atoms with van der Waals surface area (Å²) < 4.78 is 0. The van der Waals surface area contributed by atoms with Crippen LogP contribution in [0.25, 0.3) is 0 Å². The van der Waals surface area contributed by atoms with E-state index in [2.05, 4.69) is 5.32 Å². The number of hydrogen-bond donors (Lipinski definition) is 1. The molecule has 0 aliphatic rings. The van der Waals surface area contributed by atoms with E-state index < -0.39 is 0 Å². The van der Waals surface area contributed by atoms with Crippen molar-refractivity contribution < 1.29 is 4.92 Å². The van der Waals surface area contributed by atoms with Crippen LogP contribution in [0.1, 0.15) is 18.4 Å². The Bertz CT molecular complexity index is 326. The maximum absolute atomic E-state index is 10.7. The summed E-state index contributed by atoms with van der Waals surface area (Å²) in [5.74, 6) is 0. The third-order valence-corrected chi connectivity index (χ3v) is 2.31. The second kappa shape index (κ2) is 6.14. The molecular formula is C11H16N2O2. The fraction of sp³-hybridized carbons (Fsp3) is 0.455. The van der Waals surface area contributed by atoms with Crippen LogP contribution in [0.5, 0.6) is 0 Å². The van der Waals surface area contributed by atoms with Crippen molar-refractivity contribution >= 4 is 5.69 Å². The molecule has 15 heavy (non-hydrogen) atoms. The van der Waals surface area contributed by atoms with Crippen LogP contribution in [0.4, 0.5) is 5.69 Å². The lowest BCUT2D eigenvalue weighted by molar-refractivity contribution is -0.385. The Morgan fingerprint density at radius 2 is 2.07 bits per heavy atom. The quantitative estimate of drug-likeness (QED) is 0.442. The predicted molar refractivity (Wildman–Crippen MR) is 60.0 cm³/mol. The fourth-order valence-electron chi connectivity index (χ4n) is 1.52. The minimum Gasteiger partial charge on any atom is -0.320 e. The van der Waals surface area contributed by atoms with Crippen LogP contribution >= 0.6 is 0 Å². The lowest BCUT2D eigenvalue weighted by Gasteiger charge is -2.02. The van der Waals surface area contributed by atoms with Crippen LogP contribution in [0.3, 0.4) is 0 Å². The van der Waals surface area contributed by atoms with Crippen molar-refractivity contribution in [1.29, 1.82) is 0 Å². The molecule has 4 nitrogen and oxygen atoms in total. The van der Waals surface area contributed by atoms with E-state index in [1.807, 2.05) is 19.2 Å². The molecule has 0 aliphatic carbocycles. The van der Waals surface area contributed by atoms with Gasteiger partial charge in [-0.3, -0.25) is 10.1 Å². The third kappa shape index (κ3) is 3.67. The molecule has 1 aromatic carbocycles. The summed E-state index contributed by atoms with van der Waals surface area (Å²) in [5.41, 5.74) is 1.07. The zero-order valence-corrected chi connectivity index (χ0v) is 8.90. The number of para-hydroxylation sites is 1. The molecule has 0 radical (unpaired) electrons. The molecule has 0 heterocycles. The van der Waals surface area contributed by atoms with Crippen LogP contribution in [0.2, 0.25) is 0 Å². The number of benzene rings is 1. The molecule has 1 rings (SSSR count). The van der Waals surface area contributed by atoms with Crippen molar-refractivity contribution in [2.75, 3.05) is 13.6 Å². The van der Waals surface area contributed by atoms with E-state index >= 15 is 0 Å². The molecule has 0 saturated carbocycles. The van der Waals surface area contributed by atoms with Crippen molar-refractivity contribution in [2.24, 2.45) is 0 Å². The molecular weight excluding hydrogens is 192 g/mol. The van der Waals surface area contributed by atoms with Crippen LogP contribution in [0, 0.1) is 10.1 Å². The number of unbranched alkanes of at least 4 members (excludes halogenated alkanes) is 1. The molecule has 1 aromatic rings. The highest BCUT2D eigenvalue weighted by molar-refractivity contribution is 5.39. The summed E-state index contributed by atoms with van der Waals surface area (Å²) in [4.78, 5) is 10.4. The molecule has 82 valence electrons. The summed E-state index contributed by atoms with van der Waals surface area (Å²) in [5, 5.41) is 13.8. The third-order valence-electron chi connectivity index (χ3n) is 2.31. The Hall–Kier alpha value is -1.42. The molecule has 4 heteroatoms. The predicted octanol–water partition coefficient (Wildman–Crippen LogP) is 2.14. The zero-order valence-electron chi connectivity index (χ0n) is 8.90. The van der Waals surface area contributed by atoms with Gasteiger partial charge in [-0.05, 0) is 32.9 Å². The van der Waals surface area contributed by atoms with Gasteiger partial charge >= 0.3 is 0 Å². The first kappa shape index (κ1) is 11.7. The normalized spacial score (nSPS) is 10.2. The smallest absolute Gasteiger partial charge is 0.272 e. The van der Waals surface area contributed by atoms with Gasteiger partial charge in [0.2, 0.25) is 0 Å². The molecule has 0 bridgehead atoms. The van der Waals surface area contributed by atoms with Gasteiger partial charge in [0, 0.05) is 11.6 Å². The standard InChI is InChI=1S/C11H16N2O2/c1-12-9-5-4-7-10-6-2-3-8-11(10)13(14)15/h2-3,6,8,12H,4-5,7,9H2,1H3. The molecule has 0 amide bonds. The minimum absolute atomic E-state index is 0.238. The first-order valence-corrected chi connectivity index (χ1v) is 5.12. The Kier molecular flexibility index (Phi) is 4.77.